The lowest BCUT2D eigenvalue weighted by Gasteiger charge is -2.25. The van der Waals surface area contributed by atoms with Crippen LogP contribution in [-0.2, 0) is 14.3 Å². The molecule has 0 radical (unpaired) electrons. The third-order valence-electron chi connectivity index (χ3n) is 4.54. The van der Waals surface area contributed by atoms with E-state index in [0.717, 1.165) is 29.1 Å². The number of hydrogen-bond donors (Lipinski definition) is 2. The van der Waals surface area contributed by atoms with Crippen molar-refractivity contribution < 1.29 is 23.9 Å². The van der Waals surface area contributed by atoms with Gasteiger partial charge in [-0.3, -0.25) is 14.5 Å². The quantitative estimate of drug-likeness (QED) is 0.482. The lowest BCUT2D eigenvalue weighted by Crippen LogP contribution is -2.47. The van der Waals surface area contributed by atoms with E-state index in [1.54, 1.807) is 19.9 Å². The fraction of sp³-hybridized carbons (Fsp3) is 0.579. The predicted octanol–water partition coefficient (Wildman–Crippen LogP) is 3.06. The van der Waals surface area contributed by atoms with Crippen molar-refractivity contribution in [2.45, 2.75) is 58.9 Å². The second-order valence-electron chi connectivity index (χ2n) is 6.79. The van der Waals surface area contributed by atoms with Crippen molar-refractivity contribution >= 4 is 40.2 Å². The van der Waals surface area contributed by atoms with E-state index in [1.165, 1.54) is 0 Å². The van der Waals surface area contributed by atoms with E-state index >= 15 is 0 Å². The molecule has 28 heavy (non-hydrogen) atoms. The van der Waals surface area contributed by atoms with Crippen molar-refractivity contribution in [3.05, 3.63) is 16.5 Å². The van der Waals surface area contributed by atoms with Crippen LogP contribution in [0, 0.1) is 6.92 Å². The third kappa shape index (κ3) is 4.52. The molecule has 1 aliphatic rings. The van der Waals surface area contributed by atoms with Gasteiger partial charge in [-0.25, -0.2) is 9.59 Å². The van der Waals surface area contributed by atoms with Crippen LogP contribution in [0.25, 0.3) is 0 Å². The van der Waals surface area contributed by atoms with Crippen molar-refractivity contribution in [2.75, 3.05) is 18.5 Å². The fourth-order valence-electron chi connectivity index (χ4n) is 3.40. The first-order valence-corrected chi connectivity index (χ1v) is 10.3. The van der Waals surface area contributed by atoms with Gasteiger partial charge in [0.25, 0.3) is 5.91 Å². The minimum absolute atomic E-state index is 0.265. The average Bonchev–Trinajstić information content (AvgIpc) is 3.09. The molecule has 0 spiro atoms. The van der Waals surface area contributed by atoms with Gasteiger partial charge in [0.15, 0.2) is 0 Å². The van der Waals surface area contributed by atoms with E-state index in [2.05, 4.69) is 10.6 Å². The Hall–Kier alpha value is -2.42. The van der Waals surface area contributed by atoms with E-state index in [1.807, 2.05) is 13.8 Å². The standard InChI is InChI=1S/C19H27N3O5S/c1-5-8-19(9-6-2)17(25)22(18(26)21-19)11-13(23)20-14-10-12(4)15(28-14)16(24)27-7-3/h10H,5-9,11H2,1-4H3,(H,20,23)(H,21,26). The Labute approximate surface area is 168 Å². The molecule has 8 nitrogen and oxygen atoms in total. The highest BCUT2D eigenvalue weighted by molar-refractivity contribution is 7.18. The number of ether oxygens (including phenoxy) is 1. The van der Waals surface area contributed by atoms with E-state index in [-0.39, 0.29) is 19.1 Å². The average molecular weight is 410 g/mol. The summed E-state index contributed by atoms with van der Waals surface area (Å²) in [5.74, 6) is -1.29. The minimum Gasteiger partial charge on any atom is -0.462 e. The molecule has 1 saturated heterocycles. The zero-order chi connectivity index (χ0) is 20.9. The van der Waals surface area contributed by atoms with Gasteiger partial charge < -0.3 is 15.4 Å². The third-order valence-corrected chi connectivity index (χ3v) is 5.67. The molecular formula is C19H27N3O5S. The second-order valence-corrected chi connectivity index (χ2v) is 7.85. The van der Waals surface area contributed by atoms with Gasteiger partial charge in [-0.2, -0.15) is 0 Å². The molecule has 1 aliphatic heterocycles. The molecule has 0 unspecified atom stereocenters. The number of carbonyl (C=O) groups is 4. The molecular weight excluding hydrogens is 382 g/mol. The number of carbonyl (C=O) groups excluding carboxylic acids is 4. The number of hydrogen-bond acceptors (Lipinski definition) is 6. The van der Waals surface area contributed by atoms with E-state index < -0.39 is 23.4 Å². The highest BCUT2D eigenvalue weighted by Crippen LogP contribution is 2.29. The minimum atomic E-state index is -0.919. The second kappa shape index (κ2) is 9.18. The normalized spacial score (nSPS) is 15.5. The molecule has 2 rings (SSSR count). The van der Waals surface area contributed by atoms with Crippen molar-refractivity contribution in [3.63, 3.8) is 0 Å². The number of anilines is 1. The highest BCUT2D eigenvalue weighted by atomic mass is 32.1. The maximum Gasteiger partial charge on any atom is 0.348 e. The molecule has 0 bridgehead atoms. The number of esters is 1. The maximum atomic E-state index is 12.8. The largest absolute Gasteiger partial charge is 0.462 e. The Morgan fingerprint density at radius 3 is 2.43 bits per heavy atom. The molecule has 4 amide bonds. The van der Waals surface area contributed by atoms with Gasteiger partial charge in [-0.05, 0) is 38.3 Å². The first-order valence-electron chi connectivity index (χ1n) is 9.49. The molecule has 2 N–H and O–H groups in total. The molecule has 0 aromatic carbocycles. The summed E-state index contributed by atoms with van der Waals surface area (Å²) in [6.07, 6.45) is 2.57. The van der Waals surface area contributed by atoms with Gasteiger partial charge in [0.1, 0.15) is 17.0 Å². The molecule has 1 fully saturated rings. The Morgan fingerprint density at radius 1 is 1.21 bits per heavy atom. The number of nitrogens with one attached hydrogen (secondary N) is 2. The van der Waals surface area contributed by atoms with Gasteiger partial charge in [-0.15, -0.1) is 11.3 Å². The molecule has 9 heteroatoms. The number of thiophene rings is 1. The summed E-state index contributed by atoms with van der Waals surface area (Å²) in [4.78, 5) is 50.8. The summed E-state index contributed by atoms with van der Waals surface area (Å²) in [6, 6.07) is 1.12. The molecule has 0 aliphatic carbocycles. The van der Waals surface area contributed by atoms with Crippen LogP contribution in [0.1, 0.15) is 61.7 Å². The summed E-state index contributed by atoms with van der Waals surface area (Å²) < 4.78 is 4.98. The van der Waals surface area contributed by atoms with E-state index in [4.69, 9.17) is 4.74 Å². The molecule has 154 valence electrons. The van der Waals surface area contributed by atoms with Crippen molar-refractivity contribution in [1.29, 1.82) is 0 Å². The van der Waals surface area contributed by atoms with Crippen LogP contribution in [0.5, 0.6) is 0 Å². The van der Waals surface area contributed by atoms with Gasteiger partial charge in [0.05, 0.1) is 11.6 Å². The molecule has 0 saturated carbocycles. The molecule has 2 heterocycles. The Bertz CT molecular complexity index is 768. The molecule has 1 aromatic rings. The smallest absolute Gasteiger partial charge is 0.348 e. The number of urea groups is 1. The van der Waals surface area contributed by atoms with Gasteiger partial charge in [-0.1, -0.05) is 26.7 Å². The van der Waals surface area contributed by atoms with E-state index in [0.29, 0.717) is 28.3 Å². The number of imide groups is 1. The number of rotatable bonds is 9. The van der Waals surface area contributed by atoms with Crippen LogP contribution in [0.2, 0.25) is 0 Å². The topological polar surface area (TPSA) is 105 Å². The lowest BCUT2D eigenvalue weighted by atomic mass is 9.88. The molecule has 1 aromatic heterocycles. The first kappa shape index (κ1) is 21.9. The van der Waals surface area contributed by atoms with Crippen LogP contribution in [0.3, 0.4) is 0 Å². The summed E-state index contributed by atoms with van der Waals surface area (Å²) in [5, 5.41) is 5.90. The summed E-state index contributed by atoms with van der Waals surface area (Å²) >= 11 is 1.10. The fourth-order valence-corrected chi connectivity index (χ4v) is 4.38. The monoisotopic (exact) mass is 409 g/mol. The van der Waals surface area contributed by atoms with Crippen LogP contribution in [-0.4, -0.2) is 47.4 Å². The Morgan fingerprint density at radius 2 is 1.86 bits per heavy atom. The van der Waals surface area contributed by atoms with E-state index in [9.17, 15) is 19.2 Å². The van der Waals surface area contributed by atoms with Crippen LogP contribution < -0.4 is 10.6 Å². The summed E-state index contributed by atoms with van der Waals surface area (Å²) in [6.45, 7) is 7.27. The highest BCUT2D eigenvalue weighted by Gasteiger charge is 2.50. The summed E-state index contributed by atoms with van der Waals surface area (Å²) in [7, 11) is 0. The van der Waals surface area contributed by atoms with Gasteiger partial charge >= 0.3 is 12.0 Å². The van der Waals surface area contributed by atoms with Crippen molar-refractivity contribution in [3.8, 4) is 0 Å². The predicted molar refractivity (Wildman–Crippen MR) is 106 cm³/mol. The first-order chi connectivity index (χ1) is 13.3. The SMILES string of the molecule is CCCC1(CCC)NC(=O)N(CC(=O)Nc2cc(C)c(C(=O)OCC)s2)C1=O. The molecule has 0 atom stereocenters. The zero-order valence-corrected chi connectivity index (χ0v) is 17.5. The van der Waals surface area contributed by atoms with Crippen molar-refractivity contribution in [1.82, 2.24) is 10.2 Å². The van der Waals surface area contributed by atoms with Gasteiger partial charge in [0.2, 0.25) is 5.91 Å². The Balaban J connectivity index is 2.07. The lowest BCUT2D eigenvalue weighted by molar-refractivity contribution is -0.134. The Kier molecular flexibility index (Phi) is 7.17. The maximum absolute atomic E-state index is 12.8. The van der Waals surface area contributed by atoms with Crippen molar-refractivity contribution in [2.24, 2.45) is 0 Å². The summed E-state index contributed by atoms with van der Waals surface area (Å²) in [5.41, 5.74) is -0.226. The number of amides is 4. The zero-order valence-electron chi connectivity index (χ0n) is 16.7. The number of aryl methyl sites for hydroxylation is 1. The van der Waals surface area contributed by atoms with Crippen LogP contribution in [0.15, 0.2) is 6.07 Å². The van der Waals surface area contributed by atoms with Gasteiger partial charge in [0, 0.05) is 0 Å². The number of nitrogens with zero attached hydrogens (tertiary/aromatic N) is 1. The van der Waals surface area contributed by atoms with Crippen LogP contribution in [0.4, 0.5) is 9.80 Å². The van der Waals surface area contributed by atoms with Crippen LogP contribution >= 0.6 is 11.3 Å².